The fourth-order valence-electron chi connectivity index (χ4n) is 7.37. The summed E-state index contributed by atoms with van der Waals surface area (Å²) < 4.78 is 41.9. The highest BCUT2D eigenvalue weighted by molar-refractivity contribution is 7.90. The third kappa shape index (κ3) is 5.46. The minimum atomic E-state index is -4.07. The van der Waals surface area contributed by atoms with Crippen molar-refractivity contribution in [2.24, 2.45) is 23.7 Å². The number of halogens is 1. The number of nitrogens with one attached hydrogen (secondary N) is 1. The Morgan fingerprint density at radius 2 is 1.98 bits per heavy atom. The van der Waals surface area contributed by atoms with Crippen LogP contribution >= 0.6 is 11.6 Å². The van der Waals surface area contributed by atoms with Gasteiger partial charge in [-0.1, -0.05) is 43.7 Å². The van der Waals surface area contributed by atoms with Crippen LogP contribution in [0.15, 0.2) is 53.4 Å². The number of ether oxygens (including phenoxy) is 2. The molecular weight excluding hydrogens is 572 g/mol. The molecule has 226 valence electrons. The first-order chi connectivity index (χ1) is 20.1. The van der Waals surface area contributed by atoms with Crippen LogP contribution in [-0.2, 0) is 31.4 Å². The van der Waals surface area contributed by atoms with Gasteiger partial charge in [-0.05, 0) is 97.7 Å². The number of allylic oxidation sites excluding steroid dienone is 1. The molecule has 1 spiro atoms. The van der Waals surface area contributed by atoms with Crippen molar-refractivity contribution in [1.29, 1.82) is 0 Å². The zero-order valence-electron chi connectivity index (χ0n) is 24.6. The molecule has 0 aromatic heterocycles. The predicted octanol–water partition coefficient (Wildman–Crippen LogP) is 5.89. The summed E-state index contributed by atoms with van der Waals surface area (Å²) in [4.78, 5) is 15.5. The van der Waals surface area contributed by atoms with E-state index < -0.39 is 21.8 Å². The number of carbonyl (C=O) groups excluding carboxylic acids is 1. The summed E-state index contributed by atoms with van der Waals surface area (Å²) in [6.07, 6.45) is 10.1. The van der Waals surface area contributed by atoms with Crippen molar-refractivity contribution in [1.82, 2.24) is 4.72 Å². The van der Waals surface area contributed by atoms with Crippen LogP contribution in [0.25, 0.3) is 0 Å². The maximum Gasteiger partial charge on any atom is 0.264 e. The number of rotatable bonds is 1. The molecule has 2 bridgehead atoms. The van der Waals surface area contributed by atoms with Gasteiger partial charge in [-0.3, -0.25) is 4.79 Å². The molecule has 6 atom stereocenters. The first kappa shape index (κ1) is 29.5. The van der Waals surface area contributed by atoms with E-state index in [9.17, 15) is 13.2 Å². The number of amides is 1. The summed E-state index contributed by atoms with van der Waals surface area (Å²) in [6.45, 7) is 5.73. The molecule has 7 nitrogen and oxygen atoms in total. The number of sulfonamides is 1. The predicted molar refractivity (Wildman–Crippen MR) is 165 cm³/mol. The zero-order chi connectivity index (χ0) is 29.6. The SMILES string of the molecule is CO[C@H]1/C=C/C[C@H](C)[C@@H](C)C(=O)NS(=O)(=O)c2ccc3c(c2)N(C[C@@H]2CC[C@H]21)C[C@@]1(CCCc2cc(Cl)ccc21)CO3. The Hall–Kier alpha value is -2.55. The van der Waals surface area contributed by atoms with Crippen LogP contribution in [0.5, 0.6) is 5.75 Å². The quantitative estimate of drug-likeness (QED) is 0.404. The van der Waals surface area contributed by atoms with E-state index in [0.717, 1.165) is 49.4 Å². The molecule has 0 radical (unpaired) electrons. The van der Waals surface area contributed by atoms with Crippen LogP contribution in [0, 0.1) is 23.7 Å². The van der Waals surface area contributed by atoms with Crippen molar-refractivity contribution in [2.45, 2.75) is 68.8 Å². The molecule has 2 aliphatic heterocycles. The molecule has 1 amide bonds. The Kier molecular flexibility index (Phi) is 8.09. The lowest BCUT2D eigenvalue weighted by Crippen LogP contribution is -2.49. The van der Waals surface area contributed by atoms with Crippen LogP contribution in [0.4, 0.5) is 5.69 Å². The summed E-state index contributed by atoms with van der Waals surface area (Å²) in [7, 11) is -2.30. The average molecular weight is 613 g/mol. The molecule has 0 unspecified atom stereocenters. The summed E-state index contributed by atoms with van der Waals surface area (Å²) in [6, 6.07) is 11.2. The van der Waals surface area contributed by atoms with Crippen molar-refractivity contribution in [3.8, 4) is 5.75 Å². The Bertz CT molecular complexity index is 1490. The number of benzene rings is 2. The number of fused-ring (bicyclic) bond motifs is 4. The summed E-state index contributed by atoms with van der Waals surface area (Å²) in [5, 5.41) is 0.741. The van der Waals surface area contributed by atoms with E-state index in [1.807, 2.05) is 13.0 Å². The highest BCUT2D eigenvalue weighted by atomic mass is 35.5. The van der Waals surface area contributed by atoms with Gasteiger partial charge < -0.3 is 14.4 Å². The van der Waals surface area contributed by atoms with E-state index in [1.54, 1.807) is 32.2 Å². The number of aryl methyl sites for hydroxylation is 1. The lowest BCUT2D eigenvalue weighted by molar-refractivity contribution is -0.124. The van der Waals surface area contributed by atoms with Crippen LogP contribution in [-0.4, -0.2) is 47.2 Å². The number of nitrogens with zero attached hydrogens (tertiary/aromatic N) is 1. The second kappa shape index (κ2) is 11.5. The maximum atomic E-state index is 13.5. The van der Waals surface area contributed by atoms with Gasteiger partial charge in [-0.2, -0.15) is 0 Å². The van der Waals surface area contributed by atoms with Crippen LogP contribution in [0.3, 0.4) is 0 Å². The monoisotopic (exact) mass is 612 g/mol. The number of hydrogen-bond acceptors (Lipinski definition) is 6. The standard InChI is InChI=1S/C33H41ClN2O5S/c1-21-6-4-8-30(40-3)27-12-9-24(27)18-36-19-33(15-5-7-23-16-25(34)10-13-28(23)33)20-41-31-14-11-26(17-29(31)36)42(38,39)35-32(37)22(21)2/h4,8,10-11,13-14,16-17,21-22,24,27,30H,5-7,9,12,15,18-20H2,1-3H3,(H,35,37)/b8-4+/t21-,22+,24-,27+,30-,33-/m0/s1. The molecule has 1 fully saturated rings. The van der Waals surface area contributed by atoms with Crippen molar-refractivity contribution in [3.63, 3.8) is 0 Å². The molecule has 0 saturated heterocycles. The van der Waals surface area contributed by atoms with E-state index in [1.165, 1.54) is 11.1 Å². The maximum absolute atomic E-state index is 13.5. The molecule has 6 rings (SSSR count). The topological polar surface area (TPSA) is 84.9 Å². The lowest BCUT2D eigenvalue weighted by Gasteiger charge is -2.46. The van der Waals surface area contributed by atoms with Crippen molar-refractivity contribution < 1.29 is 22.7 Å². The van der Waals surface area contributed by atoms with Gasteiger partial charge in [0.1, 0.15) is 5.75 Å². The van der Waals surface area contributed by atoms with Crippen molar-refractivity contribution in [3.05, 3.63) is 64.7 Å². The van der Waals surface area contributed by atoms with Gasteiger partial charge in [0.15, 0.2) is 0 Å². The Morgan fingerprint density at radius 3 is 2.74 bits per heavy atom. The van der Waals surface area contributed by atoms with Gasteiger partial charge >= 0.3 is 0 Å². The molecular formula is C33H41ClN2O5S. The van der Waals surface area contributed by atoms with Crippen molar-refractivity contribution >= 4 is 33.2 Å². The normalized spacial score (nSPS) is 33.3. The minimum absolute atomic E-state index is 0.00564. The van der Waals surface area contributed by atoms with E-state index in [-0.39, 0.29) is 22.3 Å². The van der Waals surface area contributed by atoms with E-state index in [4.69, 9.17) is 21.1 Å². The Balaban J connectivity index is 1.44. The number of carbonyl (C=O) groups is 1. The van der Waals surface area contributed by atoms with E-state index in [2.05, 4.69) is 33.9 Å². The largest absolute Gasteiger partial charge is 0.490 e. The van der Waals surface area contributed by atoms with Gasteiger partial charge in [0, 0.05) is 36.6 Å². The smallest absolute Gasteiger partial charge is 0.264 e. The third-order valence-corrected chi connectivity index (χ3v) is 11.9. The molecule has 4 aliphatic rings. The molecule has 2 aromatic carbocycles. The molecule has 9 heteroatoms. The van der Waals surface area contributed by atoms with Crippen LogP contribution in [0.2, 0.25) is 5.02 Å². The van der Waals surface area contributed by atoms with Gasteiger partial charge in [0.25, 0.3) is 10.0 Å². The van der Waals surface area contributed by atoms with E-state index >= 15 is 0 Å². The molecule has 2 aromatic rings. The van der Waals surface area contributed by atoms with Gasteiger partial charge in [0.2, 0.25) is 5.91 Å². The second-order valence-electron chi connectivity index (χ2n) is 12.8. The Labute approximate surface area is 254 Å². The number of methoxy groups -OCH3 is 1. The third-order valence-electron chi connectivity index (χ3n) is 10.3. The lowest BCUT2D eigenvalue weighted by atomic mass is 9.68. The van der Waals surface area contributed by atoms with Crippen LogP contribution < -0.4 is 14.4 Å². The molecule has 2 aliphatic carbocycles. The van der Waals surface area contributed by atoms with Gasteiger partial charge in [-0.25, -0.2) is 13.1 Å². The molecule has 1 N–H and O–H groups in total. The minimum Gasteiger partial charge on any atom is -0.490 e. The summed E-state index contributed by atoms with van der Waals surface area (Å²) in [5.41, 5.74) is 3.03. The number of hydrogen-bond donors (Lipinski definition) is 1. The molecule has 2 heterocycles. The fraction of sp³-hybridized carbons (Fsp3) is 0.545. The fourth-order valence-corrected chi connectivity index (χ4v) is 8.65. The first-order valence-electron chi connectivity index (χ1n) is 15.2. The molecule has 42 heavy (non-hydrogen) atoms. The highest BCUT2D eigenvalue weighted by Crippen LogP contribution is 2.47. The Morgan fingerprint density at radius 1 is 1.14 bits per heavy atom. The number of anilines is 1. The first-order valence-corrected chi connectivity index (χ1v) is 17.0. The molecule has 1 saturated carbocycles. The van der Waals surface area contributed by atoms with Crippen LogP contribution in [0.1, 0.15) is 57.1 Å². The average Bonchev–Trinajstić information content (AvgIpc) is 3.10. The van der Waals surface area contributed by atoms with E-state index in [0.29, 0.717) is 37.2 Å². The summed E-state index contributed by atoms with van der Waals surface area (Å²) >= 11 is 6.40. The zero-order valence-corrected chi connectivity index (χ0v) is 26.2. The second-order valence-corrected chi connectivity index (χ2v) is 15.0. The summed E-state index contributed by atoms with van der Waals surface area (Å²) in [5.74, 6) is 0.419. The highest BCUT2D eigenvalue weighted by Gasteiger charge is 2.44. The van der Waals surface area contributed by atoms with Gasteiger partial charge in [0.05, 0.1) is 23.3 Å². The van der Waals surface area contributed by atoms with Crippen molar-refractivity contribution in [2.75, 3.05) is 31.7 Å². The van der Waals surface area contributed by atoms with Gasteiger partial charge in [-0.15, -0.1) is 0 Å².